The van der Waals surface area contributed by atoms with Gasteiger partial charge in [-0.25, -0.2) is 0 Å². The molecule has 0 bridgehead atoms. The van der Waals surface area contributed by atoms with E-state index in [4.69, 9.17) is 10.8 Å². The van der Waals surface area contributed by atoms with Gasteiger partial charge in [0.25, 0.3) is 0 Å². The van der Waals surface area contributed by atoms with Crippen LogP contribution in [0.3, 0.4) is 0 Å². The number of benzene rings is 1. The van der Waals surface area contributed by atoms with Gasteiger partial charge in [0, 0.05) is 17.4 Å². The average Bonchev–Trinajstić information content (AvgIpc) is 2.39. The number of nitrogen functional groups attached to an aromatic ring is 1. The van der Waals surface area contributed by atoms with Crippen LogP contribution in [0.25, 0.3) is 0 Å². The third-order valence-corrected chi connectivity index (χ3v) is 3.80. The van der Waals surface area contributed by atoms with Crippen LogP contribution in [0.4, 0.5) is 24.5 Å². The largest absolute Gasteiger partial charge is 0.416 e. The molecule has 0 saturated carbocycles. The van der Waals surface area contributed by atoms with Gasteiger partial charge in [-0.15, -0.1) is 0 Å². The van der Waals surface area contributed by atoms with Crippen LogP contribution in [0.2, 0.25) is 0 Å². The minimum Gasteiger partial charge on any atom is -0.397 e. The van der Waals surface area contributed by atoms with Gasteiger partial charge < -0.3 is 16.2 Å². The third-order valence-electron chi connectivity index (χ3n) is 2.64. The van der Waals surface area contributed by atoms with Gasteiger partial charge >= 0.3 is 6.18 Å². The second-order valence-electron chi connectivity index (χ2n) is 4.46. The van der Waals surface area contributed by atoms with Gasteiger partial charge in [-0.1, -0.05) is 6.92 Å². The monoisotopic (exact) mass is 322 g/mol. The fourth-order valence-corrected chi connectivity index (χ4v) is 2.28. The third kappa shape index (κ3) is 5.84. The van der Waals surface area contributed by atoms with E-state index in [1.807, 2.05) is 6.92 Å². The van der Waals surface area contributed by atoms with Crippen LogP contribution in [0.15, 0.2) is 18.2 Å². The number of alkyl halides is 3. The number of carbonyl (C=O) groups is 1. The lowest BCUT2D eigenvalue weighted by atomic mass is 10.1. The molecule has 0 aromatic heterocycles. The quantitative estimate of drug-likeness (QED) is 0.704. The Morgan fingerprint density at radius 1 is 1.48 bits per heavy atom. The molecule has 8 heteroatoms. The normalized spacial score (nSPS) is 13.0. The summed E-state index contributed by atoms with van der Waals surface area (Å²) in [6, 6.07) is 2.80. The molecule has 0 spiro atoms. The highest BCUT2D eigenvalue weighted by atomic mass is 32.2. The fourth-order valence-electron chi connectivity index (χ4n) is 1.47. The van der Waals surface area contributed by atoms with Crippen molar-refractivity contribution in [2.24, 2.45) is 0 Å². The number of aliphatic hydroxyl groups excluding tert-OH is 1. The van der Waals surface area contributed by atoms with E-state index in [1.165, 1.54) is 11.8 Å². The van der Waals surface area contributed by atoms with Crippen molar-refractivity contribution < 1.29 is 23.1 Å². The topological polar surface area (TPSA) is 75.3 Å². The molecule has 0 fully saturated rings. The van der Waals surface area contributed by atoms with Gasteiger partial charge in [-0.3, -0.25) is 4.79 Å². The molecule has 1 aromatic rings. The van der Waals surface area contributed by atoms with E-state index in [-0.39, 0.29) is 35.6 Å². The molecule has 21 heavy (non-hydrogen) atoms. The molecule has 0 aliphatic rings. The van der Waals surface area contributed by atoms with Crippen LogP contribution in [0.1, 0.15) is 18.9 Å². The molecular formula is C13H17F3N2O2S. The molecule has 1 rings (SSSR count). The van der Waals surface area contributed by atoms with Crippen molar-refractivity contribution in [3.05, 3.63) is 23.8 Å². The number of nitrogens with one attached hydrogen (secondary N) is 1. The first-order chi connectivity index (χ1) is 9.74. The lowest BCUT2D eigenvalue weighted by Crippen LogP contribution is -2.15. The highest BCUT2D eigenvalue weighted by Crippen LogP contribution is 2.32. The molecule has 0 aliphatic heterocycles. The van der Waals surface area contributed by atoms with Gasteiger partial charge in [-0.05, 0) is 18.2 Å². The van der Waals surface area contributed by atoms with E-state index in [0.717, 1.165) is 18.2 Å². The molecular weight excluding hydrogens is 305 g/mol. The first-order valence-corrected chi connectivity index (χ1v) is 7.28. The standard InChI is InChI=1S/C13H17F3N2O2S/c1-8(7-19)21-5-4-12(20)18-11-3-2-9(6-10(11)17)13(14,15)16/h2-3,6,8,19H,4-5,7,17H2,1H3,(H,18,20). The first kappa shape index (κ1) is 17.6. The summed E-state index contributed by atoms with van der Waals surface area (Å²) in [5.74, 6) is 0.174. The zero-order valence-corrected chi connectivity index (χ0v) is 12.2. The molecule has 1 aromatic carbocycles. The van der Waals surface area contributed by atoms with Gasteiger partial charge in [0.1, 0.15) is 0 Å². The lowest BCUT2D eigenvalue weighted by Gasteiger charge is -2.12. The summed E-state index contributed by atoms with van der Waals surface area (Å²) in [5, 5.41) is 11.3. The number of amides is 1. The number of nitrogens with two attached hydrogens (primary N) is 1. The van der Waals surface area contributed by atoms with Crippen LogP contribution in [-0.4, -0.2) is 28.6 Å². The first-order valence-electron chi connectivity index (χ1n) is 6.23. The fraction of sp³-hybridized carbons (Fsp3) is 0.462. The summed E-state index contributed by atoms with van der Waals surface area (Å²) >= 11 is 1.43. The lowest BCUT2D eigenvalue weighted by molar-refractivity contribution is -0.137. The number of aliphatic hydroxyl groups is 1. The number of thioether (sulfide) groups is 1. The Hall–Kier alpha value is -1.41. The highest BCUT2D eigenvalue weighted by molar-refractivity contribution is 7.99. The predicted molar refractivity (Wildman–Crippen MR) is 78.1 cm³/mol. The summed E-state index contributed by atoms with van der Waals surface area (Å²) < 4.78 is 37.4. The molecule has 4 nitrogen and oxygen atoms in total. The molecule has 1 amide bonds. The smallest absolute Gasteiger partial charge is 0.397 e. The van der Waals surface area contributed by atoms with E-state index in [1.54, 1.807) is 0 Å². The molecule has 0 aliphatic carbocycles. The number of halogens is 3. The van der Waals surface area contributed by atoms with E-state index in [9.17, 15) is 18.0 Å². The van der Waals surface area contributed by atoms with Crippen molar-refractivity contribution in [2.75, 3.05) is 23.4 Å². The van der Waals surface area contributed by atoms with E-state index < -0.39 is 11.7 Å². The summed E-state index contributed by atoms with van der Waals surface area (Å²) in [6.07, 6.45) is -4.27. The maximum absolute atomic E-state index is 12.5. The van der Waals surface area contributed by atoms with Gasteiger partial charge in [-0.2, -0.15) is 24.9 Å². The molecule has 118 valence electrons. The second kappa shape index (κ2) is 7.56. The number of anilines is 2. The Morgan fingerprint density at radius 2 is 2.14 bits per heavy atom. The van der Waals surface area contributed by atoms with Crippen molar-refractivity contribution in [3.63, 3.8) is 0 Å². The maximum atomic E-state index is 12.5. The van der Waals surface area contributed by atoms with E-state index >= 15 is 0 Å². The van der Waals surface area contributed by atoms with Crippen molar-refractivity contribution in [3.8, 4) is 0 Å². The summed E-state index contributed by atoms with van der Waals surface area (Å²) in [4.78, 5) is 11.7. The Balaban J connectivity index is 2.57. The van der Waals surface area contributed by atoms with Gasteiger partial charge in [0.2, 0.25) is 5.91 Å². The Labute approximate surface area is 124 Å². The predicted octanol–water partition coefficient (Wildman–Crippen LogP) is 2.73. The number of hydrogen-bond acceptors (Lipinski definition) is 4. The minimum absolute atomic E-state index is 0.0259. The summed E-state index contributed by atoms with van der Waals surface area (Å²) in [5.41, 5.74) is 4.69. The van der Waals surface area contributed by atoms with Gasteiger partial charge in [0.05, 0.1) is 23.5 Å². The van der Waals surface area contributed by atoms with Crippen LogP contribution in [0.5, 0.6) is 0 Å². The maximum Gasteiger partial charge on any atom is 0.416 e. The minimum atomic E-state index is -4.46. The Morgan fingerprint density at radius 3 is 2.67 bits per heavy atom. The van der Waals surface area contributed by atoms with Crippen molar-refractivity contribution >= 4 is 29.0 Å². The number of carbonyl (C=O) groups excluding carboxylic acids is 1. The molecule has 0 heterocycles. The Kier molecular flexibility index (Phi) is 6.35. The van der Waals surface area contributed by atoms with Gasteiger partial charge in [0.15, 0.2) is 0 Å². The zero-order valence-electron chi connectivity index (χ0n) is 11.4. The van der Waals surface area contributed by atoms with E-state index in [0.29, 0.717) is 5.75 Å². The number of rotatable bonds is 6. The Bertz CT molecular complexity index is 495. The molecule has 0 radical (unpaired) electrons. The SMILES string of the molecule is CC(CO)SCCC(=O)Nc1ccc(C(F)(F)F)cc1N. The molecule has 4 N–H and O–H groups in total. The number of hydrogen-bond donors (Lipinski definition) is 3. The van der Waals surface area contributed by atoms with Crippen molar-refractivity contribution in [1.82, 2.24) is 0 Å². The highest BCUT2D eigenvalue weighted by Gasteiger charge is 2.30. The molecule has 1 atom stereocenters. The van der Waals surface area contributed by atoms with Crippen LogP contribution in [-0.2, 0) is 11.0 Å². The zero-order chi connectivity index (χ0) is 16.0. The van der Waals surface area contributed by atoms with Crippen molar-refractivity contribution in [1.29, 1.82) is 0 Å². The second-order valence-corrected chi connectivity index (χ2v) is 6.01. The van der Waals surface area contributed by atoms with Crippen LogP contribution in [0, 0.1) is 0 Å². The molecule has 0 saturated heterocycles. The van der Waals surface area contributed by atoms with Crippen LogP contribution >= 0.6 is 11.8 Å². The van der Waals surface area contributed by atoms with E-state index in [2.05, 4.69) is 5.32 Å². The molecule has 1 unspecified atom stereocenters. The average molecular weight is 322 g/mol. The van der Waals surface area contributed by atoms with Crippen LogP contribution < -0.4 is 11.1 Å². The summed E-state index contributed by atoms with van der Waals surface area (Å²) in [6.45, 7) is 1.86. The summed E-state index contributed by atoms with van der Waals surface area (Å²) in [7, 11) is 0. The van der Waals surface area contributed by atoms with Crippen molar-refractivity contribution in [2.45, 2.75) is 24.8 Å².